The maximum Gasteiger partial charge on any atom is 0.180 e. The van der Waals surface area contributed by atoms with Crippen LogP contribution >= 0.6 is 11.5 Å². The van der Waals surface area contributed by atoms with Crippen molar-refractivity contribution in [3.63, 3.8) is 0 Å². The van der Waals surface area contributed by atoms with Gasteiger partial charge in [-0.1, -0.05) is 23.9 Å². The molecule has 0 saturated heterocycles. The molecule has 2 aromatic rings. The van der Waals surface area contributed by atoms with Crippen molar-refractivity contribution in [3.8, 4) is 0 Å². The minimum atomic E-state index is -0.943. The molecule has 0 aliphatic heterocycles. The molecular weight excluding hydrogens is 270 g/mol. The van der Waals surface area contributed by atoms with E-state index in [-0.39, 0.29) is 12.2 Å². The Morgan fingerprint density at radius 2 is 2.11 bits per heavy atom. The lowest BCUT2D eigenvalue weighted by Gasteiger charge is -2.01. The van der Waals surface area contributed by atoms with Crippen LogP contribution in [0.25, 0.3) is 0 Å². The molecule has 0 aliphatic carbocycles. The van der Waals surface area contributed by atoms with Crippen LogP contribution in [0.2, 0.25) is 0 Å². The van der Waals surface area contributed by atoms with Crippen molar-refractivity contribution in [2.75, 3.05) is 0 Å². The first kappa shape index (κ1) is 13.7. The number of rotatable bonds is 5. The quantitative estimate of drug-likeness (QED) is 0.791. The van der Waals surface area contributed by atoms with E-state index in [4.69, 9.17) is 0 Å². The number of hydrogen-bond donors (Lipinski definition) is 0. The lowest BCUT2D eigenvalue weighted by atomic mass is 10.1. The van der Waals surface area contributed by atoms with Gasteiger partial charge in [0, 0.05) is 6.42 Å². The number of Topliss-reactive ketones (excluding diaryl/α,β-unsaturated/α-hetero) is 1. The van der Waals surface area contributed by atoms with Crippen molar-refractivity contribution in [2.45, 2.75) is 26.2 Å². The molecule has 1 aromatic carbocycles. The Kier molecular flexibility index (Phi) is 4.31. The average molecular weight is 282 g/mol. The Balaban J connectivity index is 2.16. The van der Waals surface area contributed by atoms with Crippen molar-refractivity contribution in [1.29, 1.82) is 0 Å². The molecule has 0 saturated carbocycles. The van der Waals surface area contributed by atoms with Gasteiger partial charge in [0.05, 0.1) is 5.69 Å². The van der Waals surface area contributed by atoms with Crippen LogP contribution in [-0.2, 0) is 12.8 Å². The molecule has 2 rings (SSSR count). The van der Waals surface area contributed by atoms with E-state index in [1.54, 1.807) is 0 Å². The summed E-state index contributed by atoms with van der Waals surface area (Å²) in [6, 6.07) is 3.47. The summed E-state index contributed by atoms with van der Waals surface area (Å²) in [7, 11) is 0. The summed E-state index contributed by atoms with van der Waals surface area (Å²) in [4.78, 5) is 12.6. The van der Waals surface area contributed by atoms with Gasteiger partial charge in [-0.3, -0.25) is 4.79 Å². The molecule has 100 valence electrons. The number of hydrogen-bond acceptors (Lipinski definition) is 4. The van der Waals surface area contributed by atoms with Crippen LogP contribution in [-0.4, -0.2) is 15.4 Å². The molecule has 3 nitrogen and oxygen atoms in total. The van der Waals surface area contributed by atoms with Crippen LogP contribution in [0, 0.1) is 11.6 Å². The topological polar surface area (TPSA) is 42.9 Å². The largest absolute Gasteiger partial charge is 0.293 e. The first-order chi connectivity index (χ1) is 9.11. The van der Waals surface area contributed by atoms with E-state index >= 15 is 0 Å². The molecule has 6 heteroatoms. The number of ketones is 1. The molecular formula is C13H12F2N2OS. The zero-order valence-electron chi connectivity index (χ0n) is 10.3. The predicted molar refractivity (Wildman–Crippen MR) is 68.3 cm³/mol. The summed E-state index contributed by atoms with van der Waals surface area (Å²) in [5.41, 5.74) is 1.12. The highest BCUT2D eigenvalue weighted by atomic mass is 32.1. The summed E-state index contributed by atoms with van der Waals surface area (Å²) in [6.07, 6.45) is 1.59. The fourth-order valence-electron chi connectivity index (χ4n) is 1.74. The van der Waals surface area contributed by atoms with E-state index < -0.39 is 11.6 Å². The van der Waals surface area contributed by atoms with E-state index in [0.717, 1.165) is 30.1 Å². The minimum Gasteiger partial charge on any atom is -0.293 e. The van der Waals surface area contributed by atoms with Crippen LogP contribution < -0.4 is 0 Å². The highest BCUT2D eigenvalue weighted by Crippen LogP contribution is 2.17. The van der Waals surface area contributed by atoms with Crippen molar-refractivity contribution < 1.29 is 13.6 Å². The highest BCUT2D eigenvalue weighted by molar-refractivity contribution is 7.08. The maximum absolute atomic E-state index is 13.1. The van der Waals surface area contributed by atoms with Crippen molar-refractivity contribution in [2.24, 2.45) is 0 Å². The van der Waals surface area contributed by atoms with Gasteiger partial charge in [-0.15, -0.1) is 5.10 Å². The monoisotopic (exact) mass is 282 g/mol. The van der Waals surface area contributed by atoms with Crippen LogP contribution in [0.3, 0.4) is 0 Å². The Labute approximate surface area is 113 Å². The molecule has 0 N–H and O–H groups in total. The van der Waals surface area contributed by atoms with Crippen molar-refractivity contribution in [1.82, 2.24) is 9.59 Å². The molecule has 0 radical (unpaired) electrons. The number of carbonyl (C=O) groups is 1. The number of nitrogens with zero attached hydrogens (tertiary/aromatic N) is 2. The molecule has 0 unspecified atom stereocenters. The molecule has 0 atom stereocenters. The predicted octanol–water partition coefficient (Wildman–Crippen LogP) is 3.19. The molecule has 0 amide bonds. The Morgan fingerprint density at radius 3 is 2.79 bits per heavy atom. The van der Waals surface area contributed by atoms with Crippen LogP contribution in [0.5, 0.6) is 0 Å². The lowest BCUT2D eigenvalue weighted by molar-refractivity contribution is 0.0995. The zero-order valence-corrected chi connectivity index (χ0v) is 11.1. The first-order valence-corrected chi connectivity index (χ1v) is 6.67. The van der Waals surface area contributed by atoms with E-state index in [9.17, 15) is 13.6 Å². The second kappa shape index (κ2) is 5.97. The Hall–Kier alpha value is -1.69. The smallest absolute Gasteiger partial charge is 0.180 e. The van der Waals surface area contributed by atoms with E-state index in [1.165, 1.54) is 6.07 Å². The molecule has 19 heavy (non-hydrogen) atoms. The van der Waals surface area contributed by atoms with Crippen molar-refractivity contribution >= 4 is 17.3 Å². The van der Waals surface area contributed by atoms with Crippen LogP contribution in [0.1, 0.15) is 34.3 Å². The fourth-order valence-corrected chi connectivity index (χ4v) is 2.38. The Bertz CT molecular complexity index is 598. The number of halogens is 2. The van der Waals surface area contributed by atoms with Gasteiger partial charge in [-0.05, 0) is 35.6 Å². The second-order valence-electron chi connectivity index (χ2n) is 4.15. The SMILES string of the molecule is CCCc1nnsc1C(=O)Cc1ccc(F)c(F)c1. The summed E-state index contributed by atoms with van der Waals surface area (Å²) < 4.78 is 29.6. The second-order valence-corrected chi connectivity index (χ2v) is 4.90. The maximum atomic E-state index is 13.1. The summed E-state index contributed by atoms with van der Waals surface area (Å²) in [5.74, 6) is -2.02. The van der Waals surface area contributed by atoms with Gasteiger partial charge in [-0.25, -0.2) is 8.78 Å². The van der Waals surface area contributed by atoms with Gasteiger partial charge in [0.15, 0.2) is 17.4 Å². The minimum absolute atomic E-state index is 0.0256. The number of aromatic nitrogens is 2. The highest BCUT2D eigenvalue weighted by Gasteiger charge is 2.16. The molecule has 0 aliphatic rings. The van der Waals surface area contributed by atoms with Gasteiger partial charge in [0.2, 0.25) is 0 Å². The summed E-state index contributed by atoms with van der Waals surface area (Å²) in [6.45, 7) is 1.99. The lowest BCUT2D eigenvalue weighted by Crippen LogP contribution is -2.05. The van der Waals surface area contributed by atoms with Gasteiger partial charge in [0.25, 0.3) is 0 Å². The van der Waals surface area contributed by atoms with Crippen LogP contribution in [0.4, 0.5) is 8.78 Å². The summed E-state index contributed by atoms with van der Waals surface area (Å²) >= 11 is 1.05. The third-order valence-electron chi connectivity index (χ3n) is 2.64. The molecule has 1 aromatic heterocycles. The molecule has 0 fully saturated rings. The van der Waals surface area contributed by atoms with Gasteiger partial charge in [0.1, 0.15) is 4.88 Å². The standard InChI is InChI=1S/C13H12F2N2OS/c1-2-3-11-13(19-17-16-11)12(18)7-8-4-5-9(14)10(15)6-8/h4-6H,2-3,7H2,1H3. The number of benzene rings is 1. The van der Waals surface area contributed by atoms with Gasteiger partial charge >= 0.3 is 0 Å². The number of aryl methyl sites for hydroxylation is 1. The van der Waals surface area contributed by atoms with E-state index in [0.29, 0.717) is 22.6 Å². The first-order valence-electron chi connectivity index (χ1n) is 5.90. The number of carbonyl (C=O) groups excluding carboxylic acids is 1. The average Bonchev–Trinajstić information content (AvgIpc) is 2.83. The zero-order chi connectivity index (χ0) is 13.8. The third kappa shape index (κ3) is 3.20. The third-order valence-corrected chi connectivity index (χ3v) is 3.45. The van der Waals surface area contributed by atoms with Crippen molar-refractivity contribution in [3.05, 3.63) is 46.0 Å². The molecule has 0 spiro atoms. The van der Waals surface area contributed by atoms with Crippen LogP contribution in [0.15, 0.2) is 18.2 Å². The molecule has 1 heterocycles. The summed E-state index contributed by atoms with van der Waals surface area (Å²) in [5, 5.41) is 3.91. The fraction of sp³-hybridized carbons (Fsp3) is 0.308. The van der Waals surface area contributed by atoms with Gasteiger partial charge < -0.3 is 0 Å². The molecule has 0 bridgehead atoms. The van der Waals surface area contributed by atoms with E-state index in [1.807, 2.05) is 6.92 Å². The van der Waals surface area contributed by atoms with E-state index in [2.05, 4.69) is 9.59 Å². The van der Waals surface area contributed by atoms with Gasteiger partial charge in [-0.2, -0.15) is 0 Å². The Morgan fingerprint density at radius 1 is 1.32 bits per heavy atom. The normalized spacial score (nSPS) is 10.7.